The predicted octanol–water partition coefficient (Wildman–Crippen LogP) is 1.66. The summed E-state index contributed by atoms with van der Waals surface area (Å²) in [7, 11) is 0. The summed E-state index contributed by atoms with van der Waals surface area (Å²) < 4.78 is 18.7. The van der Waals surface area contributed by atoms with E-state index >= 15 is 0 Å². The lowest BCUT2D eigenvalue weighted by molar-refractivity contribution is 0.0579. The number of phenols is 1. The van der Waals surface area contributed by atoms with E-state index in [0.717, 1.165) is 12.1 Å². The molecule has 1 aliphatic rings. The van der Waals surface area contributed by atoms with E-state index in [-0.39, 0.29) is 11.5 Å². The van der Waals surface area contributed by atoms with Crippen LogP contribution >= 0.6 is 0 Å². The third kappa shape index (κ3) is 2.85. The van der Waals surface area contributed by atoms with Crippen molar-refractivity contribution in [2.45, 2.75) is 18.9 Å². The first kappa shape index (κ1) is 13.8. The molecule has 0 spiro atoms. The Balaban J connectivity index is 2.35. The van der Waals surface area contributed by atoms with Crippen molar-refractivity contribution in [1.29, 1.82) is 0 Å². The minimum absolute atomic E-state index is 0.0445. The number of carboxylic acids is 1. The topological polar surface area (TPSA) is 92.8 Å². The molecule has 1 fully saturated rings. The molecule has 19 heavy (non-hydrogen) atoms. The summed E-state index contributed by atoms with van der Waals surface area (Å²) in [5.41, 5.74) is 5.72. The zero-order chi connectivity index (χ0) is 14.0. The van der Waals surface area contributed by atoms with Crippen molar-refractivity contribution >= 4 is 5.97 Å². The smallest absolute Gasteiger partial charge is 0.339 e. The Bertz CT molecular complexity index is 486. The third-order valence-electron chi connectivity index (χ3n) is 3.47. The summed E-state index contributed by atoms with van der Waals surface area (Å²) in [6, 6.07) is 1.29. The molecule has 0 aliphatic carbocycles. The lowest BCUT2D eigenvalue weighted by Gasteiger charge is -2.28. The minimum Gasteiger partial charge on any atom is -0.507 e. The number of carbonyl (C=O) groups is 1. The first-order valence-corrected chi connectivity index (χ1v) is 6.09. The van der Waals surface area contributed by atoms with Crippen LogP contribution < -0.4 is 5.73 Å². The molecule has 0 unspecified atom stereocenters. The fourth-order valence-corrected chi connectivity index (χ4v) is 2.37. The molecule has 1 aromatic carbocycles. The fraction of sp³-hybridized carbons (Fsp3) is 0.462. The maximum absolute atomic E-state index is 13.4. The monoisotopic (exact) mass is 269 g/mol. The van der Waals surface area contributed by atoms with Gasteiger partial charge in [-0.2, -0.15) is 0 Å². The van der Waals surface area contributed by atoms with Gasteiger partial charge in [0.25, 0.3) is 0 Å². The lowest BCUT2D eigenvalue weighted by atomic mass is 9.86. The van der Waals surface area contributed by atoms with Crippen LogP contribution in [0.4, 0.5) is 4.39 Å². The van der Waals surface area contributed by atoms with Crippen molar-refractivity contribution in [1.82, 2.24) is 0 Å². The second-order valence-electron chi connectivity index (χ2n) is 4.67. The molecule has 1 aromatic rings. The van der Waals surface area contributed by atoms with Gasteiger partial charge < -0.3 is 20.7 Å². The molecular formula is C13H16FNO4. The van der Waals surface area contributed by atoms with Crippen LogP contribution in [0.3, 0.4) is 0 Å². The maximum Gasteiger partial charge on any atom is 0.339 e. The average Bonchev–Trinajstić information content (AvgIpc) is 2.41. The highest BCUT2D eigenvalue weighted by atomic mass is 19.1. The Labute approximate surface area is 109 Å². The molecule has 1 atom stereocenters. The molecule has 2 rings (SSSR count). The van der Waals surface area contributed by atoms with E-state index in [4.69, 9.17) is 15.6 Å². The molecule has 1 saturated heterocycles. The number of aromatic hydroxyl groups is 1. The third-order valence-corrected chi connectivity index (χ3v) is 3.47. The van der Waals surface area contributed by atoms with Crippen LogP contribution in [0.5, 0.6) is 5.75 Å². The van der Waals surface area contributed by atoms with E-state index < -0.39 is 29.1 Å². The second kappa shape index (κ2) is 5.54. The van der Waals surface area contributed by atoms with Crippen LogP contribution in [0.2, 0.25) is 0 Å². The number of aromatic carboxylic acids is 1. The van der Waals surface area contributed by atoms with Gasteiger partial charge in [-0.25, -0.2) is 9.18 Å². The highest BCUT2D eigenvalue weighted by Crippen LogP contribution is 2.35. The van der Waals surface area contributed by atoms with Crippen LogP contribution in [0.15, 0.2) is 12.1 Å². The first-order valence-electron chi connectivity index (χ1n) is 6.09. The SMILES string of the molecule is N[C@H](c1cc(F)cc(C(=O)O)c1O)C1CCOCC1. The molecule has 6 heteroatoms. The first-order chi connectivity index (χ1) is 9.00. The number of hydrogen-bond acceptors (Lipinski definition) is 4. The molecule has 5 nitrogen and oxygen atoms in total. The molecular weight excluding hydrogens is 253 g/mol. The number of rotatable bonds is 3. The number of nitrogens with two attached hydrogens (primary N) is 1. The Morgan fingerprint density at radius 2 is 2.05 bits per heavy atom. The van der Waals surface area contributed by atoms with Crippen LogP contribution in [0, 0.1) is 11.7 Å². The van der Waals surface area contributed by atoms with E-state index in [1.54, 1.807) is 0 Å². The zero-order valence-electron chi connectivity index (χ0n) is 10.3. The Morgan fingerprint density at radius 1 is 1.42 bits per heavy atom. The van der Waals surface area contributed by atoms with Crippen LogP contribution in [-0.4, -0.2) is 29.4 Å². The maximum atomic E-state index is 13.4. The highest BCUT2D eigenvalue weighted by Gasteiger charge is 2.27. The van der Waals surface area contributed by atoms with Crippen molar-refractivity contribution in [2.75, 3.05) is 13.2 Å². The van der Waals surface area contributed by atoms with Gasteiger partial charge in [-0.3, -0.25) is 0 Å². The average molecular weight is 269 g/mol. The van der Waals surface area contributed by atoms with Crippen LogP contribution in [0.1, 0.15) is 34.8 Å². The molecule has 104 valence electrons. The van der Waals surface area contributed by atoms with Crippen molar-refractivity contribution in [3.63, 3.8) is 0 Å². The number of benzene rings is 1. The number of ether oxygens (including phenoxy) is 1. The molecule has 1 aliphatic heterocycles. The fourth-order valence-electron chi connectivity index (χ4n) is 2.37. The molecule has 1 heterocycles. The summed E-state index contributed by atoms with van der Waals surface area (Å²) in [5.74, 6) is -2.50. The van der Waals surface area contributed by atoms with Gasteiger partial charge in [-0.1, -0.05) is 0 Å². The highest BCUT2D eigenvalue weighted by molar-refractivity contribution is 5.91. The molecule has 0 radical (unpaired) electrons. The lowest BCUT2D eigenvalue weighted by Crippen LogP contribution is -2.27. The van der Waals surface area contributed by atoms with Gasteiger partial charge in [0.1, 0.15) is 17.1 Å². The molecule has 0 saturated carbocycles. The minimum atomic E-state index is -1.38. The van der Waals surface area contributed by atoms with E-state index in [2.05, 4.69) is 0 Å². The Morgan fingerprint density at radius 3 is 2.63 bits per heavy atom. The standard InChI is InChI=1S/C13H16FNO4/c14-8-5-9(12(16)10(6-8)13(17)18)11(15)7-1-3-19-4-2-7/h5-7,11,16H,1-4,15H2,(H,17,18)/t11-/m0/s1. The largest absolute Gasteiger partial charge is 0.507 e. The zero-order valence-corrected chi connectivity index (χ0v) is 10.3. The molecule has 0 aromatic heterocycles. The van der Waals surface area contributed by atoms with Gasteiger partial charge in [0.15, 0.2) is 0 Å². The van der Waals surface area contributed by atoms with Gasteiger partial charge in [-0.05, 0) is 30.9 Å². The van der Waals surface area contributed by atoms with Gasteiger partial charge >= 0.3 is 5.97 Å². The number of halogens is 1. The number of hydrogen-bond donors (Lipinski definition) is 3. The van der Waals surface area contributed by atoms with E-state index in [9.17, 15) is 14.3 Å². The summed E-state index contributed by atoms with van der Waals surface area (Å²) in [6.07, 6.45) is 1.42. The second-order valence-corrected chi connectivity index (χ2v) is 4.67. The summed E-state index contributed by atoms with van der Waals surface area (Å²) in [4.78, 5) is 10.9. The Hall–Kier alpha value is -1.66. The van der Waals surface area contributed by atoms with Crippen molar-refractivity contribution < 1.29 is 24.1 Å². The predicted molar refractivity (Wildman–Crippen MR) is 65.5 cm³/mol. The number of carboxylic acid groups (broad SMARTS) is 1. The van der Waals surface area contributed by atoms with E-state index in [1.807, 2.05) is 0 Å². The van der Waals surface area contributed by atoms with Crippen LogP contribution in [0.25, 0.3) is 0 Å². The van der Waals surface area contributed by atoms with Crippen molar-refractivity contribution in [2.24, 2.45) is 11.7 Å². The van der Waals surface area contributed by atoms with Crippen LogP contribution in [-0.2, 0) is 4.74 Å². The van der Waals surface area contributed by atoms with Crippen molar-refractivity contribution in [3.05, 3.63) is 29.1 Å². The molecule has 0 bridgehead atoms. The molecule has 4 N–H and O–H groups in total. The summed E-state index contributed by atoms with van der Waals surface area (Å²) in [6.45, 7) is 1.14. The molecule has 0 amide bonds. The summed E-state index contributed by atoms with van der Waals surface area (Å²) >= 11 is 0. The van der Waals surface area contributed by atoms with Gasteiger partial charge in [-0.15, -0.1) is 0 Å². The van der Waals surface area contributed by atoms with Gasteiger partial charge in [0.2, 0.25) is 0 Å². The van der Waals surface area contributed by atoms with E-state index in [0.29, 0.717) is 26.1 Å². The van der Waals surface area contributed by atoms with E-state index in [1.165, 1.54) is 0 Å². The van der Waals surface area contributed by atoms with Crippen molar-refractivity contribution in [3.8, 4) is 5.75 Å². The summed E-state index contributed by atoms with van der Waals surface area (Å²) in [5, 5.41) is 18.8. The Kier molecular flexibility index (Phi) is 4.01. The quantitative estimate of drug-likeness (QED) is 0.776. The van der Waals surface area contributed by atoms with Gasteiger partial charge in [0.05, 0.1) is 0 Å². The normalized spacial score (nSPS) is 18.2. The van der Waals surface area contributed by atoms with Gasteiger partial charge in [0, 0.05) is 24.8 Å².